The fourth-order valence-electron chi connectivity index (χ4n) is 2.40. The summed E-state index contributed by atoms with van der Waals surface area (Å²) < 4.78 is 16.9. The average molecular weight is 303 g/mol. The molecule has 0 aromatic carbocycles. The van der Waals surface area contributed by atoms with E-state index >= 15 is 0 Å². The maximum Gasteiger partial charge on any atom is 0.255 e. The number of rotatable bonds is 4. The van der Waals surface area contributed by atoms with Crippen LogP contribution in [0.4, 0.5) is 0 Å². The van der Waals surface area contributed by atoms with Gasteiger partial charge in [0.25, 0.3) is 5.89 Å². The summed E-state index contributed by atoms with van der Waals surface area (Å²) in [7, 11) is 0. The summed E-state index contributed by atoms with van der Waals surface area (Å²) in [6.45, 7) is 1.28. The van der Waals surface area contributed by atoms with E-state index in [1.54, 1.807) is 12.4 Å². The number of ether oxygens (including phenoxy) is 1. The molecule has 8 heteroatoms. The molecular formula is C13H13N5O2S. The van der Waals surface area contributed by atoms with Gasteiger partial charge in [0.1, 0.15) is 11.9 Å². The van der Waals surface area contributed by atoms with Crippen LogP contribution in [-0.2, 0) is 11.3 Å². The smallest absolute Gasteiger partial charge is 0.255 e. The van der Waals surface area contributed by atoms with Crippen LogP contribution in [-0.4, -0.2) is 30.7 Å². The molecule has 0 N–H and O–H groups in total. The van der Waals surface area contributed by atoms with Crippen LogP contribution in [0.25, 0.3) is 11.4 Å². The van der Waals surface area contributed by atoms with Crippen molar-refractivity contribution in [2.75, 3.05) is 6.61 Å². The Balaban J connectivity index is 1.55. The highest BCUT2D eigenvalue weighted by Gasteiger charge is 2.24. The van der Waals surface area contributed by atoms with Crippen molar-refractivity contribution in [2.24, 2.45) is 0 Å². The first-order chi connectivity index (χ1) is 10.4. The molecule has 0 radical (unpaired) electrons. The Kier molecular flexibility index (Phi) is 3.24. The van der Waals surface area contributed by atoms with Crippen LogP contribution in [0.3, 0.4) is 0 Å². The third-order valence-electron chi connectivity index (χ3n) is 3.41. The van der Waals surface area contributed by atoms with Gasteiger partial charge in [0, 0.05) is 29.9 Å². The highest BCUT2D eigenvalue weighted by Crippen LogP contribution is 2.27. The molecule has 108 valence electrons. The maximum atomic E-state index is 5.55. The summed E-state index contributed by atoms with van der Waals surface area (Å²) in [5, 5.41) is 6.00. The molecule has 0 amide bonds. The first-order valence-electron chi connectivity index (χ1n) is 6.75. The van der Waals surface area contributed by atoms with Crippen LogP contribution < -0.4 is 0 Å². The molecule has 0 spiro atoms. The van der Waals surface area contributed by atoms with Crippen LogP contribution in [0.2, 0.25) is 0 Å². The lowest BCUT2D eigenvalue weighted by Gasteiger charge is -2.03. The van der Waals surface area contributed by atoms with Gasteiger partial charge < -0.3 is 13.8 Å². The zero-order valence-electron chi connectivity index (χ0n) is 11.2. The molecule has 1 atom stereocenters. The normalized spacial score (nSPS) is 18.4. The minimum atomic E-state index is -0.0467. The lowest BCUT2D eigenvalue weighted by Crippen LogP contribution is -2.03. The number of hydrogen-bond acceptors (Lipinski definition) is 7. The molecule has 1 aliphatic rings. The number of hydrogen-bond donors (Lipinski definition) is 0. The van der Waals surface area contributed by atoms with Gasteiger partial charge in [-0.25, -0.2) is 9.36 Å². The fourth-order valence-corrected chi connectivity index (χ4v) is 2.91. The maximum absolute atomic E-state index is 5.55. The van der Waals surface area contributed by atoms with E-state index in [0.29, 0.717) is 18.3 Å². The van der Waals surface area contributed by atoms with E-state index in [1.165, 1.54) is 11.5 Å². The van der Waals surface area contributed by atoms with E-state index in [4.69, 9.17) is 9.26 Å². The van der Waals surface area contributed by atoms with Crippen LogP contribution in [0, 0.1) is 0 Å². The van der Waals surface area contributed by atoms with Crippen molar-refractivity contribution in [3.05, 3.63) is 35.7 Å². The van der Waals surface area contributed by atoms with Gasteiger partial charge in [-0.1, -0.05) is 5.16 Å². The quantitative estimate of drug-likeness (QED) is 0.736. The standard InChI is InChI=1S/C13H13N5O2S/c1-2-10(19-5-1)13-16-11(17-20-13)7-18-4-3-14-12(18)9-6-15-21-8-9/h3-4,6,8,10H,1-2,5,7H2. The highest BCUT2D eigenvalue weighted by molar-refractivity contribution is 7.03. The fraction of sp³-hybridized carbons (Fsp3) is 0.385. The molecule has 0 bridgehead atoms. The summed E-state index contributed by atoms with van der Waals surface area (Å²) in [6, 6.07) is 0. The molecular weight excluding hydrogens is 290 g/mol. The Morgan fingerprint density at radius 1 is 1.43 bits per heavy atom. The molecule has 1 fully saturated rings. The second-order valence-corrected chi connectivity index (χ2v) is 5.50. The second kappa shape index (κ2) is 5.38. The van der Waals surface area contributed by atoms with Crippen molar-refractivity contribution in [3.8, 4) is 11.4 Å². The molecule has 4 rings (SSSR count). The summed E-state index contributed by atoms with van der Waals surface area (Å²) in [6.07, 6.45) is 7.40. The van der Waals surface area contributed by atoms with E-state index in [9.17, 15) is 0 Å². The van der Waals surface area contributed by atoms with Crippen LogP contribution in [0.1, 0.15) is 30.7 Å². The summed E-state index contributed by atoms with van der Waals surface area (Å²) >= 11 is 1.40. The largest absolute Gasteiger partial charge is 0.368 e. The Hall–Kier alpha value is -2.06. The summed E-state index contributed by atoms with van der Waals surface area (Å²) in [5.74, 6) is 2.05. The molecule has 0 saturated carbocycles. The second-order valence-electron chi connectivity index (χ2n) is 4.84. The third kappa shape index (κ3) is 2.47. The van der Waals surface area contributed by atoms with Crippen molar-refractivity contribution >= 4 is 11.5 Å². The van der Waals surface area contributed by atoms with E-state index < -0.39 is 0 Å². The molecule has 7 nitrogen and oxygen atoms in total. The summed E-state index contributed by atoms with van der Waals surface area (Å²) in [4.78, 5) is 8.78. The minimum Gasteiger partial charge on any atom is -0.368 e. The molecule has 3 aromatic rings. The lowest BCUT2D eigenvalue weighted by molar-refractivity contribution is 0.0835. The van der Waals surface area contributed by atoms with Gasteiger partial charge in [-0.2, -0.15) is 4.98 Å². The van der Waals surface area contributed by atoms with Crippen molar-refractivity contribution in [1.82, 2.24) is 24.1 Å². The van der Waals surface area contributed by atoms with E-state index in [2.05, 4.69) is 19.5 Å². The molecule has 21 heavy (non-hydrogen) atoms. The van der Waals surface area contributed by atoms with Crippen molar-refractivity contribution < 1.29 is 9.26 Å². The Labute approximate surface area is 124 Å². The van der Waals surface area contributed by atoms with Gasteiger partial charge in [-0.3, -0.25) is 0 Å². The molecule has 1 unspecified atom stereocenters. The van der Waals surface area contributed by atoms with Gasteiger partial charge in [0.05, 0.1) is 12.7 Å². The highest BCUT2D eigenvalue weighted by atomic mass is 32.1. The monoisotopic (exact) mass is 303 g/mol. The van der Waals surface area contributed by atoms with E-state index in [0.717, 1.165) is 30.8 Å². The van der Waals surface area contributed by atoms with E-state index in [1.807, 2.05) is 16.1 Å². The third-order valence-corrected chi connectivity index (χ3v) is 3.99. The predicted octanol–water partition coefficient (Wildman–Crippen LogP) is 2.29. The Morgan fingerprint density at radius 3 is 3.24 bits per heavy atom. The van der Waals surface area contributed by atoms with E-state index in [-0.39, 0.29) is 6.10 Å². The zero-order valence-corrected chi connectivity index (χ0v) is 12.0. The number of imidazole rings is 1. The summed E-state index contributed by atoms with van der Waals surface area (Å²) in [5.41, 5.74) is 0.993. The van der Waals surface area contributed by atoms with Crippen molar-refractivity contribution in [2.45, 2.75) is 25.5 Å². The SMILES string of the molecule is c1cn(Cc2noc(C3CCCO3)n2)c(-c2cnsc2)n1. The van der Waals surface area contributed by atoms with Crippen molar-refractivity contribution in [1.29, 1.82) is 0 Å². The average Bonchev–Trinajstić information content (AvgIpc) is 3.28. The number of aromatic nitrogens is 5. The van der Waals surface area contributed by atoms with Gasteiger partial charge in [-0.05, 0) is 24.4 Å². The topological polar surface area (TPSA) is 78.9 Å². The number of nitrogens with zero attached hydrogens (tertiary/aromatic N) is 5. The van der Waals surface area contributed by atoms with Crippen LogP contribution in [0.5, 0.6) is 0 Å². The molecule has 4 heterocycles. The minimum absolute atomic E-state index is 0.0467. The van der Waals surface area contributed by atoms with Gasteiger partial charge in [0.15, 0.2) is 5.82 Å². The molecule has 3 aromatic heterocycles. The lowest BCUT2D eigenvalue weighted by atomic mass is 10.2. The molecule has 1 saturated heterocycles. The first kappa shape index (κ1) is 12.7. The molecule has 1 aliphatic heterocycles. The first-order valence-corrected chi connectivity index (χ1v) is 7.59. The van der Waals surface area contributed by atoms with Gasteiger partial charge in [-0.15, -0.1) is 0 Å². The Bertz CT molecular complexity index is 715. The van der Waals surface area contributed by atoms with Crippen molar-refractivity contribution in [3.63, 3.8) is 0 Å². The predicted molar refractivity (Wildman–Crippen MR) is 74.7 cm³/mol. The Morgan fingerprint density at radius 2 is 2.43 bits per heavy atom. The van der Waals surface area contributed by atoms with Gasteiger partial charge >= 0.3 is 0 Å². The van der Waals surface area contributed by atoms with Crippen LogP contribution >= 0.6 is 11.5 Å². The van der Waals surface area contributed by atoms with Gasteiger partial charge in [0.2, 0.25) is 0 Å². The molecule has 0 aliphatic carbocycles. The zero-order chi connectivity index (χ0) is 14.1. The van der Waals surface area contributed by atoms with Crippen LogP contribution in [0.15, 0.2) is 28.5 Å².